The van der Waals surface area contributed by atoms with E-state index in [0.29, 0.717) is 0 Å². The Labute approximate surface area is 110 Å². The summed E-state index contributed by atoms with van der Waals surface area (Å²) < 4.78 is 13.8. The molecule has 0 heterocycles. The van der Waals surface area contributed by atoms with Gasteiger partial charge in [0.2, 0.25) is 12.0 Å². The Morgan fingerprint density at radius 2 is 1.84 bits per heavy atom. The topological polar surface area (TPSA) is 81.7 Å². The van der Waals surface area contributed by atoms with Crippen molar-refractivity contribution in [1.29, 1.82) is 10.5 Å². The number of Topliss-reactive ketones (excluding diaryl/α,β-unsaturated/α-hetero) is 2. The van der Waals surface area contributed by atoms with Gasteiger partial charge in [0, 0.05) is 11.5 Å². The highest BCUT2D eigenvalue weighted by molar-refractivity contribution is 6.14. The van der Waals surface area contributed by atoms with Gasteiger partial charge in [-0.3, -0.25) is 9.59 Å². The zero-order valence-electron chi connectivity index (χ0n) is 10.5. The summed E-state index contributed by atoms with van der Waals surface area (Å²) in [5.41, 5.74) is -0.449. The van der Waals surface area contributed by atoms with E-state index in [2.05, 4.69) is 0 Å². The number of halogens is 1. The summed E-state index contributed by atoms with van der Waals surface area (Å²) in [6.07, 6.45) is -2.30. The molecule has 1 aromatic carbocycles. The summed E-state index contributed by atoms with van der Waals surface area (Å²) in [6, 6.07) is 7.41. The number of hydrogen-bond donors (Lipinski definition) is 0. The molecule has 0 amide bonds. The fraction of sp³-hybridized carbons (Fsp3) is 0.286. The first-order valence-corrected chi connectivity index (χ1v) is 5.59. The molecule has 0 fully saturated rings. The van der Waals surface area contributed by atoms with E-state index in [1.807, 2.05) is 0 Å². The molecule has 4 nitrogen and oxygen atoms in total. The van der Waals surface area contributed by atoms with E-state index in [9.17, 15) is 14.0 Å². The smallest absolute Gasteiger partial charge is 0.221 e. The quantitative estimate of drug-likeness (QED) is 0.612. The van der Waals surface area contributed by atoms with Crippen LogP contribution in [0.25, 0.3) is 0 Å². The second-order valence-electron chi connectivity index (χ2n) is 4.24. The molecule has 1 unspecified atom stereocenters. The molecule has 1 atom stereocenters. The Kier molecular flexibility index (Phi) is 4.50. The highest BCUT2D eigenvalue weighted by Gasteiger charge is 2.30. The molecular formula is C14H11FN2O2. The van der Waals surface area contributed by atoms with E-state index in [-0.39, 0.29) is 16.7 Å². The van der Waals surface area contributed by atoms with Crippen molar-refractivity contribution >= 4 is 11.6 Å². The molecule has 0 saturated carbocycles. The highest BCUT2D eigenvalue weighted by atomic mass is 19.1. The summed E-state index contributed by atoms with van der Waals surface area (Å²) in [4.78, 5) is 23.4. The molecule has 1 aromatic rings. The van der Waals surface area contributed by atoms with Crippen molar-refractivity contribution in [3.8, 4) is 12.1 Å². The lowest BCUT2D eigenvalue weighted by atomic mass is 9.93. The minimum atomic E-state index is -2.30. The van der Waals surface area contributed by atoms with Crippen LogP contribution in [0.5, 0.6) is 0 Å². The predicted molar refractivity (Wildman–Crippen MR) is 64.9 cm³/mol. The van der Waals surface area contributed by atoms with Crippen LogP contribution in [0, 0.1) is 28.6 Å². The Morgan fingerprint density at radius 3 is 2.32 bits per heavy atom. The summed E-state index contributed by atoms with van der Waals surface area (Å²) in [7, 11) is 0. The number of hydrogen-bond acceptors (Lipinski definition) is 4. The lowest BCUT2D eigenvalue weighted by Gasteiger charge is -2.10. The van der Waals surface area contributed by atoms with Gasteiger partial charge in [0.15, 0.2) is 5.78 Å². The zero-order valence-corrected chi connectivity index (χ0v) is 10.5. The second-order valence-corrected chi connectivity index (χ2v) is 4.24. The number of rotatable bonds is 4. The van der Waals surface area contributed by atoms with E-state index in [0.717, 1.165) is 0 Å². The van der Waals surface area contributed by atoms with Crippen LogP contribution in [0.15, 0.2) is 18.2 Å². The van der Waals surface area contributed by atoms with Gasteiger partial charge in [-0.1, -0.05) is 19.9 Å². The monoisotopic (exact) mass is 258 g/mol. The maximum atomic E-state index is 13.8. The van der Waals surface area contributed by atoms with Gasteiger partial charge < -0.3 is 0 Å². The lowest BCUT2D eigenvalue weighted by Crippen LogP contribution is -2.30. The maximum absolute atomic E-state index is 13.8. The van der Waals surface area contributed by atoms with Gasteiger partial charge in [-0.2, -0.15) is 10.5 Å². The molecule has 5 heteroatoms. The average Bonchev–Trinajstić information content (AvgIpc) is 2.43. The Hall–Kier alpha value is -2.53. The molecule has 96 valence electrons. The van der Waals surface area contributed by atoms with Crippen LogP contribution < -0.4 is 0 Å². The van der Waals surface area contributed by atoms with E-state index >= 15 is 0 Å². The Balaban J connectivity index is 3.26. The molecule has 0 aliphatic rings. The molecule has 0 aromatic heterocycles. The number of carbonyl (C=O) groups is 2. The van der Waals surface area contributed by atoms with Gasteiger partial charge >= 0.3 is 0 Å². The lowest BCUT2D eigenvalue weighted by molar-refractivity contribution is -0.125. The van der Waals surface area contributed by atoms with Gasteiger partial charge in [-0.05, 0) is 12.1 Å². The molecule has 0 spiro atoms. The first kappa shape index (κ1) is 14.5. The van der Waals surface area contributed by atoms with Crippen molar-refractivity contribution in [2.24, 2.45) is 5.92 Å². The second kappa shape index (κ2) is 5.88. The van der Waals surface area contributed by atoms with Gasteiger partial charge in [0.25, 0.3) is 0 Å². The van der Waals surface area contributed by atoms with Gasteiger partial charge in [0.1, 0.15) is 12.1 Å². The van der Waals surface area contributed by atoms with Gasteiger partial charge in [0.05, 0.1) is 11.1 Å². The van der Waals surface area contributed by atoms with Crippen LogP contribution in [0.2, 0.25) is 0 Å². The fourth-order valence-electron chi connectivity index (χ4n) is 1.53. The van der Waals surface area contributed by atoms with Crippen LogP contribution in [0.4, 0.5) is 4.39 Å². The third-order valence-electron chi connectivity index (χ3n) is 2.61. The van der Waals surface area contributed by atoms with Crippen LogP contribution in [-0.4, -0.2) is 17.7 Å². The van der Waals surface area contributed by atoms with E-state index in [1.165, 1.54) is 32.0 Å². The number of carbonyl (C=O) groups excluding carboxylic acids is 2. The summed E-state index contributed by atoms with van der Waals surface area (Å²) >= 11 is 0. The summed E-state index contributed by atoms with van der Waals surface area (Å²) in [6.45, 7) is 2.97. The van der Waals surface area contributed by atoms with Crippen LogP contribution in [-0.2, 0) is 4.79 Å². The van der Waals surface area contributed by atoms with E-state index < -0.39 is 23.7 Å². The highest BCUT2D eigenvalue weighted by Crippen LogP contribution is 2.18. The number of alkyl halides is 1. The van der Waals surface area contributed by atoms with Crippen molar-refractivity contribution in [1.82, 2.24) is 0 Å². The molecule has 0 radical (unpaired) electrons. The van der Waals surface area contributed by atoms with Gasteiger partial charge in [-0.25, -0.2) is 4.39 Å². The predicted octanol–water partition coefficient (Wildman–Crippen LogP) is 2.18. The molecule has 0 saturated heterocycles. The minimum absolute atomic E-state index is 0.0162. The van der Waals surface area contributed by atoms with Crippen molar-refractivity contribution in [2.75, 3.05) is 0 Å². The Morgan fingerprint density at radius 1 is 1.21 bits per heavy atom. The molecule has 0 aliphatic heterocycles. The summed E-state index contributed by atoms with van der Waals surface area (Å²) in [5.74, 6) is -2.53. The van der Waals surface area contributed by atoms with Crippen molar-refractivity contribution in [3.05, 3.63) is 34.9 Å². The van der Waals surface area contributed by atoms with Crippen LogP contribution in [0.3, 0.4) is 0 Å². The number of nitriles is 2. The van der Waals surface area contributed by atoms with Crippen molar-refractivity contribution in [2.45, 2.75) is 20.0 Å². The van der Waals surface area contributed by atoms with Crippen molar-refractivity contribution in [3.63, 3.8) is 0 Å². The molecular weight excluding hydrogens is 247 g/mol. The van der Waals surface area contributed by atoms with Crippen LogP contribution >= 0.6 is 0 Å². The van der Waals surface area contributed by atoms with E-state index in [4.69, 9.17) is 10.5 Å². The first-order chi connectivity index (χ1) is 8.93. The molecule has 0 bridgehead atoms. The molecule has 19 heavy (non-hydrogen) atoms. The zero-order chi connectivity index (χ0) is 14.6. The molecule has 1 rings (SSSR count). The third-order valence-corrected chi connectivity index (χ3v) is 2.61. The summed E-state index contributed by atoms with van der Waals surface area (Å²) in [5, 5.41) is 17.8. The van der Waals surface area contributed by atoms with Crippen LogP contribution in [0.1, 0.15) is 35.3 Å². The fourth-order valence-corrected chi connectivity index (χ4v) is 1.53. The van der Waals surface area contributed by atoms with Crippen molar-refractivity contribution < 1.29 is 14.0 Å². The van der Waals surface area contributed by atoms with E-state index in [1.54, 1.807) is 12.1 Å². The molecule has 0 aliphatic carbocycles. The average molecular weight is 258 g/mol. The standard InChI is InChI=1S/C14H11FN2O2/c1-8(2)13(18)12(15)14(19)10-5-3-4-9(6-16)11(10)7-17/h3-5,8,12H,1-2H3. The molecule has 0 N–H and O–H groups in total. The number of ketones is 2. The first-order valence-electron chi connectivity index (χ1n) is 5.59. The largest absolute Gasteiger partial charge is 0.296 e. The Bertz CT molecular complexity index is 609. The SMILES string of the molecule is CC(C)C(=O)C(F)C(=O)c1cccc(C#N)c1C#N. The third kappa shape index (κ3) is 2.83. The number of benzene rings is 1. The minimum Gasteiger partial charge on any atom is -0.296 e. The maximum Gasteiger partial charge on any atom is 0.221 e. The normalized spacial score (nSPS) is 11.5. The van der Waals surface area contributed by atoms with Gasteiger partial charge in [-0.15, -0.1) is 0 Å². The number of nitrogens with zero attached hydrogens (tertiary/aromatic N) is 2.